The number of anilines is 2. The maximum atomic E-state index is 14.3. The second-order valence-corrected chi connectivity index (χ2v) is 12.4. The van der Waals surface area contributed by atoms with E-state index in [1.54, 1.807) is 0 Å². The van der Waals surface area contributed by atoms with Gasteiger partial charge in [0.15, 0.2) is 5.78 Å². The summed E-state index contributed by atoms with van der Waals surface area (Å²) in [5, 5.41) is 26.0. The zero-order valence-electron chi connectivity index (χ0n) is 27.2. The van der Waals surface area contributed by atoms with Gasteiger partial charge in [0.2, 0.25) is 12.3 Å². The van der Waals surface area contributed by atoms with Gasteiger partial charge in [-0.3, -0.25) is 4.79 Å². The Balaban J connectivity index is 1.49. The lowest BCUT2D eigenvalue weighted by molar-refractivity contribution is -0.138. The van der Waals surface area contributed by atoms with Crippen molar-refractivity contribution in [2.75, 3.05) is 29.4 Å². The van der Waals surface area contributed by atoms with Crippen molar-refractivity contribution >= 4 is 17.2 Å². The van der Waals surface area contributed by atoms with Crippen LogP contribution in [0.15, 0.2) is 65.4 Å². The molecule has 2 atom stereocenters. The number of hydrogen-bond acceptors (Lipinski definition) is 8. The molecule has 0 bridgehead atoms. The minimum absolute atomic E-state index is 0.0705. The van der Waals surface area contributed by atoms with Crippen LogP contribution in [0.3, 0.4) is 0 Å². The van der Waals surface area contributed by atoms with Gasteiger partial charge in [-0.05, 0) is 78.3 Å². The zero-order valence-corrected chi connectivity index (χ0v) is 27.2. The number of benzene rings is 3. The summed E-state index contributed by atoms with van der Waals surface area (Å²) >= 11 is 0. The highest BCUT2D eigenvalue weighted by atomic mass is 19.4. The average Bonchev–Trinajstić information content (AvgIpc) is 3.65. The maximum Gasteiger partial charge on any atom is 0.417 e. The molecule has 1 heterocycles. The monoisotopic (exact) mass is 752 g/mol. The van der Waals surface area contributed by atoms with Crippen LogP contribution in [0.25, 0.3) is 0 Å². The third kappa shape index (κ3) is 9.82. The lowest BCUT2D eigenvalue weighted by Gasteiger charge is -2.27. The van der Waals surface area contributed by atoms with E-state index in [0.717, 1.165) is 18.5 Å². The Bertz CT molecular complexity index is 2010. The molecule has 1 saturated carbocycles. The van der Waals surface area contributed by atoms with Crippen molar-refractivity contribution in [1.29, 1.82) is 10.5 Å². The molecule has 0 spiro atoms. The Labute approximate surface area is 294 Å². The van der Waals surface area contributed by atoms with Crippen LogP contribution in [-0.4, -0.2) is 41.8 Å². The summed E-state index contributed by atoms with van der Waals surface area (Å²) in [6.45, 7) is -3.12. The number of aromatic nitrogens is 2. The fraction of sp³-hybridized carbons (Fsp3) is 0.343. The molecule has 1 fully saturated rings. The average molecular weight is 753 g/mol. The Kier molecular flexibility index (Phi) is 11.0. The van der Waals surface area contributed by atoms with E-state index in [1.807, 2.05) is 0 Å². The molecule has 18 heteroatoms. The van der Waals surface area contributed by atoms with Gasteiger partial charge in [0.1, 0.15) is 18.4 Å². The number of halogens is 10. The topological polar surface area (TPSA) is 110 Å². The van der Waals surface area contributed by atoms with Gasteiger partial charge < -0.3 is 14.2 Å². The Morgan fingerprint density at radius 2 is 1.55 bits per heavy atom. The predicted molar refractivity (Wildman–Crippen MR) is 167 cm³/mol. The highest BCUT2D eigenvalue weighted by Crippen LogP contribution is 2.52. The number of rotatable bonds is 13. The minimum atomic E-state index is -5.17. The molecule has 8 nitrogen and oxygen atoms in total. The molecule has 1 aliphatic rings. The molecule has 0 amide bonds. The highest BCUT2D eigenvalue weighted by molar-refractivity contribution is 5.84. The summed E-state index contributed by atoms with van der Waals surface area (Å²) in [6.07, 6.45) is -14.1. The lowest BCUT2D eigenvalue weighted by atomic mass is 9.95. The quantitative estimate of drug-likeness (QED) is 0.125. The van der Waals surface area contributed by atoms with E-state index in [2.05, 4.69) is 10.2 Å². The summed E-state index contributed by atoms with van der Waals surface area (Å²) in [4.78, 5) is 15.0. The zero-order chi connectivity index (χ0) is 38.7. The largest absolute Gasteiger partial charge is 0.426 e. The fourth-order valence-electron chi connectivity index (χ4n) is 6.02. The van der Waals surface area contributed by atoms with Crippen molar-refractivity contribution in [2.45, 2.75) is 50.3 Å². The first-order valence-electron chi connectivity index (χ1n) is 15.7. The SMILES string of the molecule is N#Cc1ccc(N(CC(=O)CCc2ccc(F)cc2)CC2CC2c2cc(N(Cc3nnco3)CC(F)(F)F)cc(C(F)(F)F)c2C#N)cc1C(F)(F)F. The Hall–Kier alpha value is -5.65. The van der Waals surface area contributed by atoms with E-state index in [9.17, 15) is 59.2 Å². The van der Waals surface area contributed by atoms with E-state index in [-0.39, 0.29) is 42.9 Å². The fourth-order valence-corrected chi connectivity index (χ4v) is 6.02. The molecule has 2 unspecified atom stereocenters. The molecule has 3 aromatic carbocycles. The first-order valence-corrected chi connectivity index (χ1v) is 15.7. The molecular weight excluding hydrogens is 726 g/mol. The Morgan fingerprint density at radius 1 is 0.868 bits per heavy atom. The summed E-state index contributed by atoms with van der Waals surface area (Å²) in [6, 6.07) is 12.5. The second kappa shape index (κ2) is 15.1. The van der Waals surface area contributed by atoms with E-state index in [0.29, 0.717) is 22.6 Å². The number of carbonyl (C=O) groups excluding carboxylic acids is 1. The first kappa shape index (κ1) is 38.6. The van der Waals surface area contributed by atoms with Crippen LogP contribution in [0.1, 0.15) is 58.0 Å². The number of aryl methyl sites for hydroxylation is 1. The van der Waals surface area contributed by atoms with Gasteiger partial charge in [-0.2, -0.15) is 50.0 Å². The summed E-state index contributed by atoms with van der Waals surface area (Å²) in [7, 11) is 0. The molecule has 278 valence electrons. The standard InChI is InChI=1S/C35H26F10N6O2/c36-23-5-1-20(2-6-23)3-8-26(52)16-50(24-7-4-21(13-46)30(11-24)34(40,41)42)15-22-9-27(22)28-10-25(12-31(29(28)14-47)35(43,44)45)51(18-33(37,38)39)17-32-49-48-19-53-32/h1-2,4-7,10-12,19,22,27H,3,8-9,15-18H2. The van der Waals surface area contributed by atoms with Crippen LogP contribution in [-0.2, 0) is 30.1 Å². The number of nitrogens with zero attached hydrogens (tertiary/aromatic N) is 6. The van der Waals surface area contributed by atoms with Crippen LogP contribution >= 0.6 is 0 Å². The van der Waals surface area contributed by atoms with Crippen LogP contribution in [0.2, 0.25) is 0 Å². The van der Waals surface area contributed by atoms with Crippen LogP contribution in [0.4, 0.5) is 55.3 Å². The molecule has 53 heavy (non-hydrogen) atoms. The molecule has 5 rings (SSSR count). The number of nitriles is 2. The van der Waals surface area contributed by atoms with Crippen molar-refractivity contribution < 1.29 is 53.1 Å². The van der Waals surface area contributed by atoms with Crippen molar-refractivity contribution in [3.05, 3.63) is 106 Å². The third-order valence-electron chi connectivity index (χ3n) is 8.58. The number of ketones is 1. The minimum Gasteiger partial charge on any atom is -0.426 e. The van der Waals surface area contributed by atoms with E-state index >= 15 is 0 Å². The smallest absolute Gasteiger partial charge is 0.417 e. The molecule has 1 aliphatic carbocycles. The first-order chi connectivity index (χ1) is 24.9. The van der Waals surface area contributed by atoms with E-state index < -0.39 is 89.5 Å². The molecular formula is C35H26F10N6O2. The van der Waals surface area contributed by atoms with Crippen LogP contribution in [0, 0.1) is 34.4 Å². The molecule has 0 N–H and O–H groups in total. The number of hydrogen-bond donors (Lipinski definition) is 0. The Morgan fingerprint density at radius 3 is 2.13 bits per heavy atom. The number of Topliss-reactive ketones (excluding diaryl/α,β-unsaturated/α-hetero) is 1. The third-order valence-corrected chi connectivity index (χ3v) is 8.58. The molecule has 0 saturated heterocycles. The highest BCUT2D eigenvalue weighted by Gasteiger charge is 2.45. The summed E-state index contributed by atoms with van der Waals surface area (Å²) < 4.78 is 144. The summed E-state index contributed by atoms with van der Waals surface area (Å²) in [5.74, 6) is -2.83. The lowest BCUT2D eigenvalue weighted by Crippen LogP contribution is -2.34. The van der Waals surface area contributed by atoms with Gasteiger partial charge >= 0.3 is 18.5 Å². The van der Waals surface area contributed by atoms with Crippen molar-refractivity contribution in [3.8, 4) is 12.1 Å². The molecule has 0 radical (unpaired) electrons. The van der Waals surface area contributed by atoms with E-state index in [4.69, 9.17) is 4.42 Å². The van der Waals surface area contributed by atoms with Crippen molar-refractivity contribution in [2.24, 2.45) is 5.92 Å². The van der Waals surface area contributed by atoms with Crippen molar-refractivity contribution in [1.82, 2.24) is 10.2 Å². The van der Waals surface area contributed by atoms with Gasteiger partial charge in [0.25, 0.3) is 0 Å². The predicted octanol–water partition coefficient (Wildman–Crippen LogP) is 8.37. The second-order valence-electron chi connectivity index (χ2n) is 12.4. The van der Waals surface area contributed by atoms with Gasteiger partial charge in [-0.1, -0.05) is 12.1 Å². The van der Waals surface area contributed by atoms with E-state index in [1.165, 1.54) is 47.4 Å². The normalized spacial score (nSPS) is 15.8. The van der Waals surface area contributed by atoms with Crippen molar-refractivity contribution in [3.63, 3.8) is 0 Å². The number of carbonyl (C=O) groups is 1. The molecule has 1 aromatic heterocycles. The molecule has 4 aromatic rings. The summed E-state index contributed by atoms with van der Waals surface area (Å²) in [5.41, 5.74) is -4.61. The molecule has 0 aliphatic heterocycles. The van der Waals surface area contributed by atoms with Gasteiger partial charge in [0, 0.05) is 24.3 Å². The van der Waals surface area contributed by atoms with Crippen LogP contribution < -0.4 is 9.80 Å². The van der Waals surface area contributed by atoms with Gasteiger partial charge in [-0.25, -0.2) is 4.39 Å². The maximum absolute atomic E-state index is 14.3. The van der Waals surface area contributed by atoms with Gasteiger partial charge in [0.05, 0.1) is 41.4 Å². The number of alkyl halides is 9. The van der Waals surface area contributed by atoms with Gasteiger partial charge in [-0.15, -0.1) is 10.2 Å². The van der Waals surface area contributed by atoms with Crippen LogP contribution in [0.5, 0.6) is 0 Å².